The molecule has 0 aromatic carbocycles. The number of hydrogen-bond acceptors (Lipinski definition) is 4. The maximum absolute atomic E-state index is 12.3. The topological polar surface area (TPSA) is 52.3 Å². The molecule has 4 heteroatoms. The summed E-state index contributed by atoms with van der Waals surface area (Å²) in [5.41, 5.74) is 5.40. The molecule has 3 nitrogen and oxygen atoms in total. The van der Waals surface area contributed by atoms with Crippen LogP contribution < -0.4 is 5.73 Å². The van der Waals surface area contributed by atoms with Gasteiger partial charge >= 0.3 is 0 Å². The fourth-order valence-corrected chi connectivity index (χ4v) is 2.74. The SMILES string of the molecule is NCC1(C(=O)c2cccs2)CCOCC1. The van der Waals surface area contributed by atoms with E-state index in [0.29, 0.717) is 19.8 Å². The Morgan fingerprint density at radius 1 is 1.53 bits per heavy atom. The normalized spacial score (nSPS) is 20.1. The lowest BCUT2D eigenvalue weighted by atomic mass is 9.76. The molecule has 1 saturated heterocycles. The van der Waals surface area contributed by atoms with Gasteiger partial charge in [0, 0.05) is 19.8 Å². The van der Waals surface area contributed by atoms with Gasteiger partial charge in [-0.05, 0) is 24.3 Å². The predicted molar refractivity (Wildman–Crippen MR) is 60.2 cm³/mol. The van der Waals surface area contributed by atoms with Crippen molar-refractivity contribution in [2.24, 2.45) is 11.1 Å². The van der Waals surface area contributed by atoms with E-state index in [2.05, 4.69) is 0 Å². The lowest BCUT2D eigenvalue weighted by molar-refractivity contribution is 0.0203. The van der Waals surface area contributed by atoms with Crippen LogP contribution in [0.4, 0.5) is 0 Å². The summed E-state index contributed by atoms with van der Waals surface area (Å²) >= 11 is 1.49. The summed E-state index contributed by atoms with van der Waals surface area (Å²) in [6, 6.07) is 3.78. The van der Waals surface area contributed by atoms with Crippen molar-refractivity contribution in [2.45, 2.75) is 12.8 Å². The Morgan fingerprint density at radius 2 is 2.27 bits per heavy atom. The van der Waals surface area contributed by atoms with Gasteiger partial charge in [0.1, 0.15) is 0 Å². The third kappa shape index (κ3) is 1.97. The first-order valence-electron chi connectivity index (χ1n) is 5.15. The zero-order valence-corrected chi connectivity index (χ0v) is 9.39. The molecule has 2 rings (SSSR count). The molecule has 82 valence electrons. The first-order valence-corrected chi connectivity index (χ1v) is 6.03. The van der Waals surface area contributed by atoms with E-state index in [-0.39, 0.29) is 11.2 Å². The monoisotopic (exact) mass is 225 g/mol. The quantitative estimate of drug-likeness (QED) is 0.796. The molecule has 0 amide bonds. The minimum absolute atomic E-state index is 0.198. The molecule has 1 aromatic rings. The highest BCUT2D eigenvalue weighted by molar-refractivity contribution is 7.12. The predicted octanol–water partition coefficient (Wildman–Crippen LogP) is 1.69. The van der Waals surface area contributed by atoms with E-state index >= 15 is 0 Å². The van der Waals surface area contributed by atoms with Crippen LogP contribution in [0, 0.1) is 5.41 Å². The molecule has 1 aliphatic rings. The molecule has 0 spiro atoms. The maximum Gasteiger partial charge on any atom is 0.180 e. The number of ketones is 1. The Balaban J connectivity index is 2.22. The Labute approximate surface area is 93.2 Å². The fourth-order valence-electron chi connectivity index (χ4n) is 1.96. The van der Waals surface area contributed by atoms with E-state index < -0.39 is 0 Å². The third-order valence-electron chi connectivity index (χ3n) is 3.07. The number of carbonyl (C=O) groups excluding carboxylic acids is 1. The summed E-state index contributed by atoms with van der Waals surface area (Å²) in [6.07, 6.45) is 1.50. The largest absolute Gasteiger partial charge is 0.381 e. The molecule has 1 aliphatic heterocycles. The van der Waals surface area contributed by atoms with Crippen LogP contribution in [0.2, 0.25) is 0 Å². The number of rotatable bonds is 3. The molecular weight excluding hydrogens is 210 g/mol. The lowest BCUT2D eigenvalue weighted by Crippen LogP contribution is -2.43. The number of hydrogen-bond donors (Lipinski definition) is 1. The van der Waals surface area contributed by atoms with Gasteiger partial charge in [-0.1, -0.05) is 6.07 Å². The van der Waals surface area contributed by atoms with Crippen molar-refractivity contribution in [3.63, 3.8) is 0 Å². The highest BCUT2D eigenvalue weighted by Gasteiger charge is 2.39. The molecule has 0 radical (unpaired) electrons. The van der Waals surface area contributed by atoms with Crippen molar-refractivity contribution in [1.29, 1.82) is 0 Å². The highest BCUT2D eigenvalue weighted by Crippen LogP contribution is 2.34. The molecule has 2 heterocycles. The average Bonchev–Trinajstić information content (AvgIpc) is 2.82. The van der Waals surface area contributed by atoms with E-state index in [1.165, 1.54) is 11.3 Å². The van der Waals surface area contributed by atoms with Crippen LogP contribution in [0.3, 0.4) is 0 Å². The Kier molecular flexibility index (Phi) is 3.19. The van der Waals surface area contributed by atoms with Gasteiger partial charge in [-0.15, -0.1) is 11.3 Å². The van der Waals surface area contributed by atoms with E-state index in [0.717, 1.165) is 17.7 Å². The third-order valence-corrected chi connectivity index (χ3v) is 3.94. The minimum atomic E-state index is -0.372. The fraction of sp³-hybridized carbons (Fsp3) is 0.545. The molecule has 2 N–H and O–H groups in total. The van der Waals surface area contributed by atoms with Crippen LogP contribution in [-0.2, 0) is 4.74 Å². The molecule has 0 atom stereocenters. The summed E-state index contributed by atoms with van der Waals surface area (Å²) < 4.78 is 5.29. The zero-order valence-electron chi connectivity index (χ0n) is 8.57. The van der Waals surface area contributed by atoms with Crippen LogP contribution in [0.25, 0.3) is 0 Å². The first kappa shape index (κ1) is 10.8. The summed E-state index contributed by atoms with van der Waals surface area (Å²) in [7, 11) is 0. The maximum atomic E-state index is 12.3. The van der Waals surface area contributed by atoms with E-state index in [9.17, 15) is 4.79 Å². The minimum Gasteiger partial charge on any atom is -0.381 e. The van der Waals surface area contributed by atoms with Crippen LogP contribution in [0.15, 0.2) is 17.5 Å². The van der Waals surface area contributed by atoms with Gasteiger partial charge in [-0.2, -0.15) is 0 Å². The van der Waals surface area contributed by atoms with Gasteiger partial charge in [0.25, 0.3) is 0 Å². The Morgan fingerprint density at radius 3 is 2.80 bits per heavy atom. The van der Waals surface area contributed by atoms with E-state index in [4.69, 9.17) is 10.5 Å². The number of thiophene rings is 1. The zero-order chi connectivity index (χ0) is 10.7. The summed E-state index contributed by atoms with van der Waals surface area (Å²) in [4.78, 5) is 13.1. The van der Waals surface area contributed by atoms with Crippen molar-refractivity contribution in [3.8, 4) is 0 Å². The van der Waals surface area contributed by atoms with E-state index in [1.54, 1.807) is 0 Å². The van der Waals surface area contributed by atoms with Gasteiger partial charge < -0.3 is 10.5 Å². The van der Waals surface area contributed by atoms with Crippen molar-refractivity contribution in [2.75, 3.05) is 19.8 Å². The molecule has 0 unspecified atom stereocenters. The Hall–Kier alpha value is -0.710. The Bertz CT molecular complexity index is 328. The average molecular weight is 225 g/mol. The van der Waals surface area contributed by atoms with Crippen molar-refractivity contribution < 1.29 is 9.53 Å². The molecular formula is C11H15NO2S. The molecule has 15 heavy (non-hydrogen) atoms. The van der Waals surface area contributed by atoms with Crippen molar-refractivity contribution in [1.82, 2.24) is 0 Å². The number of nitrogens with two attached hydrogens (primary N) is 1. The lowest BCUT2D eigenvalue weighted by Gasteiger charge is -2.34. The standard InChI is InChI=1S/C11H15NO2S/c12-8-11(3-5-14-6-4-11)10(13)9-2-1-7-15-9/h1-2,7H,3-6,8,12H2. The number of ether oxygens (including phenoxy) is 1. The van der Waals surface area contributed by atoms with Crippen molar-refractivity contribution >= 4 is 17.1 Å². The molecule has 1 aromatic heterocycles. The summed E-state index contributed by atoms with van der Waals surface area (Å²) in [6.45, 7) is 1.72. The van der Waals surface area contributed by atoms with Gasteiger partial charge in [0.2, 0.25) is 0 Å². The molecule has 1 fully saturated rings. The van der Waals surface area contributed by atoms with Crippen molar-refractivity contribution in [3.05, 3.63) is 22.4 Å². The first-order chi connectivity index (χ1) is 7.28. The van der Waals surface area contributed by atoms with Crippen LogP contribution in [-0.4, -0.2) is 25.5 Å². The van der Waals surface area contributed by atoms with Gasteiger partial charge in [-0.3, -0.25) is 4.79 Å². The second-order valence-corrected chi connectivity index (χ2v) is 4.85. The van der Waals surface area contributed by atoms with Crippen LogP contribution >= 0.6 is 11.3 Å². The van der Waals surface area contributed by atoms with Gasteiger partial charge in [0.05, 0.1) is 10.3 Å². The second-order valence-electron chi connectivity index (χ2n) is 3.90. The summed E-state index contributed by atoms with van der Waals surface area (Å²) in [5.74, 6) is 0.198. The van der Waals surface area contributed by atoms with E-state index in [1.807, 2.05) is 17.5 Å². The molecule has 0 aliphatic carbocycles. The highest BCUT2D eigenvalue weighted by atomic mass is 32.1. The molecule has 0 saturated carbocycles. The molecule has 0 bridgehead atoms. The smallest absolute Gasteiger partial charge is 0.180 e. The summed E-state index contributed by atoms with van der Waals surface area (Å²) in [5, 5.41) is 1.93. The number of carbonyl (C=O) groups is 1. The van der Waals surface area contributed by atoms with Crippen LogP contribution in [0.1, 0.15) is 22.5 Å². The second kappa shape index (κ2) is 4.43. The number of Topliss-reactive ketones (excluding diaryl/α,β-unsaturated/α-hetero) is 1. The van der Waals surface area contributed by atoms with Gasteiger partial charge in [-0.25, -0.2) is 0 Å². The van der Waals surface area contributed by atoms with Crippen LogP contribution in [0.5, 0.6) is 0 Å². The van der Waals surface area contributed by atoms with Gasteiger partial charge in [0.15, 0.2) is 5.78 Å².